The SMILES string of the molecule is CC(C)CCC(C)(C)C=O.COCCCCCCCCCSc1ccc2c(C)c(C(F)(F)F)c(=O)sc2c1. The van der Waals surface area contributed by atoms with Gasteiger partial charge in [0, 0.05) is 28.7 Å². The molecule has 1 aromatic carbocycles. The first-order chi connectivity index (χ1) is 17.8. The molecule has 1 aromatic heterocycles. The van der Waals surface area contributed by atoms with E-state index in [0.717, 1.165) is 49.2 Å². The molecule has 0 fully saturated rings. The summed E-state index contributed by atoms with van der Waals surface area (Å²) in [4.78, 5) is 23.4. The third-order valence-corrected chi connectivity index (χ3v) is 8.40. The second-order valence-electron chi connectivity index (χ2n) is 10.9. The number of thioether (sulfide) groups is 1. The van der Waals surface area contributed by atoms with Gasteiger partial charge in [0.05, 0.1) is 0 Å². The third-order valence-electron chi connectivity index (χ3n) is 6.37. The van der Waals surface area contributed by atoms with Crippen molar-refractivity contribution in [1.82, 2.24) is 0 Å². The predicted octanol–water partition coefficient (Wildman–Crippen LogP) is 9.71. The van der Waals surface area contributed by atoms with Crippen LogP contribution in [0.2, 0.25) is 0 Å². The van der Waals surface area contributed by atoms with Crippen molar-refractivity contribution in [3.63, 3.8) is 0 Å². The summed E-state index contributed by atoms with van der Waals surface area (Å²) < 4.78 is 44.0. The molecule has 2 rings (SSSR count). The average molecular weight is 575 g/mol. The van der Waals surface area contributed by atoms with Crippen LogP contribution in [0.25, 0.3) is 10.1 Å². The Morgan fingerprint density at radius 3 is 2.18 bits per heavy atom. The number of ether oxygens (including phenoxy) is 1. The topological polar surface area (TPSA) is 43.4 Å². The van der Waals surface area contributed by atoms with Gasteiger partial charge in [-0.25, -0.2) is 0 Å². The largest absolute Gasteiger partial charge is 0.421 e. The van der Waals surface area contributed by atoms with E-state index in [4.69, 9.17) is 4.74 Å². The number of halogens is 3. The summed E-state index contributed by atoms with van der Waals surface area (Å²) in [5.41, 5.74) is -1.12. The van der Waals surface area contributed by atoms with E-state index in [0.29, 0.717) is 27.3 Å². The molecule has 38 heavy (non-hydrogen) atoms. The Labute approximate surface area is 234 Å². The van der Waals surface area contributed by atoms with Crippen molar-refractivity contribution in [2.45, 2.75) is 103 Å². The van der Waals surface area contributed by atoms with E-state index in [1.807, 2.05) is 26.0 Å². The minimum Gasteiger partial charge on any atom is -0.385 e. The van der Waals surface area contributed by atoms with Gasteiger partial charge in [0.2, 0.25) is 4.74 Å². The van der Waals surface area contributed by atoms with Gasteiger partial charge >= 0.3 is 6.18 Å². The molecule has 0 aliphatic heterocycles. The Balaban J connectivity index is 0.000000612. The highest BCUT2D eigenvalue weighted by molar-refractivity contribution is 7.99. The van der Waals surface area contributed by atoms with Gasteiger partial charge in [-0.1, -0.05) is 83.6 Å². The zero-order valence-corrected chi connectivity index (χ0v) is 25.5. The van der Waals surface area contributed by atoms with Crippen LogP contribution < -0.4 is 4.74 Å². The molecule has 2 aromatic rings. The smallest absolute Gasteiger partial charge is 0.385 e. The molecule has 0 unspecified atom stereocenters. The zero-order chi connectivity index (χ0) is 28.8. The van der Waals surface area contributed by atoms with Crippen LogP contribution in [-0.2, 0) is 15.7 Å². The Morgan fingerprint density at radius 1 is 1.03 bits per heavy atom. The highest BCUT2D eigenvalue weighted by Gasteiger charge is 2.36. The van der Waals surface area contributed by atoms with Crippen LogP contribution in [0.3, 0.4) is 0 Å². The van der Waals surface area contributed by atoms with Crippen molar-refractivity contribution < 1.29 is 22.7 Å². The fourth-order valence-corrected chi connectivity index (χ4v) is 6.01. The van der Waals surface area contributed by atoms with Gasteiger partial charge in [0.1, 0.15) is 11.8 Å². The first kappa shape index (κ1) is 34.6. The van der Waals surface area contributed by atoms with Gasteiger partial charge in [-0.2, -0.15) is 13.2 Å². The van der Waals surface area contributed by atoms with E-state index in [1.54, 1.807) is 24.9 Å². The second-order valence-corrected chi connectivity index (χ2v) is 13.1. The lowest BCUT2D eigenvalue weighted by molar-refractivity contribution is -0.138. The number of carbonyl (C=O) groups is 1. The Hall–Kier alpha value is -1.38. The molecule has 0 aliphatic carbocycles. The van der Waals surface area contributed by atoms with Crippen LogP contribution >= 0.6 is 23.1 Å². The van der Waals surface area contributed by atoms with Crippen molar-refractivity contribution in [2.24, 2.45) is 11.3 Å². The number of hydrogen-bond acceptors (Lipinski definition) is 5. The number of aldehydes is 1. The summed E-state index contributed by atoms with van der Waals surface area (Å²) in [5, 5.41) is 0.509. The van der Waals surface area contributed by atoms with Crippen molar-refractivity contribution >= 4 is 39.5 Å². The van der Waals surface area contributed by atoms with E-state index in [-0.39, 0.29) is 11.0 Å². The Kier molecular flexibility index (Phi) is 15.8. The molecule has 0 bridgehead atoms. The van der Waals surface area contributed by atoms with Crippen LogP contribution in [0.15, 0.2) is 27.9 Å². The summed E-state index contributed by atoms with van der Waals surface area (Å²) in [5.74, 6) is 1.68. The minimum atomic E-state index is -4.61. The second kappa shape index (κ2) is 17.3. The highest BCUT2D eigenvalue weighted by Crippen LogP contribution is 2.35. The highest BCUT2D eigenvalue weighted by atomic mass is 32.2. The van der Waals surface area contributed by atoms with Crippen LogP contribution in [0, 0.1) is 18.3 Å². The van der Waals surface area contributed by atoms with Gasteiger partial charge in [-0.15, -0.1) is 11.8 Å². The molecule has 3 nitrogen and oxygen atoms in total. The maximum absolute atomic E-state index is 13.1. The van der Waals surface area contributed by atoms with Gasteiger partial charge in [-0.05, 0) is 60.9 Å². The number of rotatable bonds is 15. The lowest BCUT2D eigenvalue weighted by Gasteiger charge is -2.17. The molecule has 0 saturated heterocycles. The van der Waals surface area contributed by atoms with E-state index in [2.05, 4.69) is 13.8 Å². The first-order valence-electron chi connectivity index (χ1n) is 13.5. The fourth-order valence-electron chi connectivity index (χ4n) is 3.90. The summed E-state index contributed by atoms with van der Waals surface area (Å²) >= 11 is 2.38. The minimum absolute atomic E-state index is 0.0216. The average Bonchev–Trinajstić information content (AvgIpc) is 2.83. The Bertz CT molecular complexity index is 1030. The fraction of sp³-hybridized carbons (Fsp3) is 0.667. The molecule has 0 spiro atoms. The number of alkyl halides is 3. The lowest BCUT2D eigenvalue weighted by Crippen LogP contribution is -2.18. The van der Waals surface area contributed by atoms with Gasteiger partial charge < -0.3 is 9.53 Å². The molecular formula is C30H45F3O3S2. The molecular weight excluding hydrogens is 529 g/mol. The van der Waals surface area contributed by atoms with Gasteiger partial charge in [-0.3, -0.25) is 4.79 Å². The summed E-state index contributed by atoms with van der Waals surface area (Å²) in [6, 6.07) is 5.40. The maximum atomic E-state index is 13.1. The number of hydrogen-bond donors (Lipinski definition) is 0. The number of fused-ring (bicyclic) bond motifs is 1. The zero-order valence-electron chi connectivity index (χ0n) is 23.8. The molecule has 0 aliphatic rings. The van der Waals surface area contributed by atoms with E-state index >= 15 is 0 Å². The molecule has 0 saturated carbocycles. The lowest BCUT2D eigenvalue weighted by atomic mass is 9.87. The maximum Gasteiger partial charge on any atom is 0.421 e. The van der Waals surface area contributed by atoms with E-state index < -0.39 is 16.5 Å². The molecule has 0 N–H and O–H groups in total. The summed E-state index contributed by atoms with van der Waals surface area (Å²) in [6.07, 6.45) is 6.97. The normalized spacial score (nSPS) is 12.1. The molecule has 0 amide bonds. The van der Waals surface area contributed by atoms with Crippen molar-refractivity contribution in [1.29, 1.82) is 0 Å². The van der Waals surface area contributed by atoms with Crippen molar-refractivity contribution in [2.75, 3.05) is 19.5 Å². The standard InChI is InChI=1S/C21H27F3O2S2.C9H18O/c1-15-17-11-10-16(14-18(17)28-20(25)19(15)21(22,23)24)27-13-9-7-5-3-4-6-8-12-26-2;1-8(2)5-6-9(3,4)7-10/h10-11,14H,3-9,12-13H2,1-2H3;7-8H,5-6H2,1-4H3. The first-order valence-corrected chi connectivity index (χ1v) is 15.4. The van der Waals surface area contributed by atoms with Crippen molar-refractivity contribution in [3.05, 3.63) is 38.9 Å². The number of methoxy groups -OCH3 is 1. The summed E-state index contributed by atoms with van der Waals surface area (Å²) in [7, 11) is 1.73. The number of unbranched alkanes of at least 4 members (excludes halogenated alkanes) is 6. The van der Waals surface area contributed by atoms with Crippen LogP contribution in [0.5, 0.6) is 0 Å². The third kappa shape index (κ3) is 13.1. The summed E-state index contributed by atoms with van der Waals surface area (Å²) in [6.45, 7) is 10.6. The molecule has 216 valence electrons. The van der Waals surface area contributed by atoms with Crippen LogP contribution in [0.1, 0.15) is 96.6 Å². The van der Waals surface area contributed by atoms with E-state index in [9.17, 15) is 22.8 Å². The number of carbonyl (C=O) groups excluding carboxylic acids is 1. The molecule has 8 heteroatoms. The quantitative estimate of drug-likeness (QED) is 0.121. The Morgan fingerprint density at radius 2 is 1.63 bits per heavy atom. The van der Waals surface area contributed by atoms with E-state index in [1.165, 1.54) is 39.0 Å². The predicted molar refractivity (Wildman–Crippen MR) is 157 cm³/mol. The molecule has 0 atom stereocenters. The van der Waals surface area contributed by atoms with Crippen LogP contribution in [-0.4, -0.2) is 25.8 Å². The van der Waals surface area contributed by atoms with Gasteiger partial charge in [0.15, 0.2) is 0 Å². The number of benzene rings is 1. The molecule has 1 heterocycles. The molecule has 0 radical (unpaired) electrons. The van der Waals surface area contributed by atoms with Crippen molar-refractivity contribution in [3.8, 4) is 0 Å². The van der Waals surface area contributed by atoms with Gasteiger partial charge in [0.25, 0.3) is 0 Å². The van der Waals surface area contributed by atoms with Crippen LogP contribution in [0.4, 0.5) is 13.2 Å². The number of aryl methyl sites for hydroxylation is 1. The monoisotopic (exact) mass is 574 g/mol.